The van der Waals surface area contributed by atoms with Crippen LogP contribution in [-0.4, -0.2) is 37.7 Å². The van der Waals surface area contributed by atoms with E-state index in [0.29, 0.717) is 12.5 Å². The summed E-state index contributed by atoms with van der Waals surface area (Å²) in [5.41, 5.74) is 4.05. The first-order chi connectivity index (χ1) is 11.6. The van der Waals surface area contributed by atoms with Gasteiger partial charge < -0.3 is 9.64 Å². The molecule has 3 rings (SSSR count). The van der Waals surface area contributed by atoms with Gasteiger partial charge in [0.05, 0.1) is 12.3 Å². The Morgan fingerprint density at radius 1 is 1.25 bits per heavy atom. The molecule has 0 spiro atoms. The molecule has 1 N–H and O–H groups in total. The molecule has 1 amide bonds. The minimum atomic E-state index is -0.385. The highest BCUT2D eigenvalue weighted by molar-refractivity contribution is 5.91. The third kappa shape index (κ3) is 4.15. The average molecular weight is 324 g/mol. The molecule has 1 atom stereocenters. The van der Waals surface area contributed by atoms with Crippen molar-refractivity contribution in [2.75, 3.05) is 32.1 Å². The van der Waals surface area contributed by atoms with Gasteiger partial charge in [-0.2, -0.15) is 0 Å². The SMILES string of the molecule is Cc1cccc(-c2ccccc2NC(=O)OC[C@H]2CCN(C)C2)c1. The van der Waals surface area contributed by atoms with Gasteiger partial charge in [0, 0.05) is 18.0 Å². The number of hydrogen-bond donors (Lipinski definition) is 1. The van der Waals surface area contributed by atoms with E-state index >= 15 is 0 Å². The molecule has 24 heavy (non-hydrogen) atoms. The van der Waals surface area contributed by atoms with Gasteiger partial charge >= 0.3 is 6.09 Å². The minimum Gasteiger partial charge on any atom is -0.449 e. The van der Waals surface area contributed by atoms with Crippen LogP contribution < -0.4 is 5.32 Å². The van der Waals surface area contributed by atoms with Crippen molar-refractivity contribution < 1.29 is 9.53 Å². The van der Waals surface area contributed by atoms with Crippen LogP contribution in [0.4, 0.5) is 10.5 Å². The summed E-state index contributed by atoms with van der Waals surface area (Å²) >= 11 is 0. The van der Waals surface area contributed by atoms with Crippen LogP contribution in [0.15, 0.2) is 48.5 Å². The second kappa shape index (κ2) is 7.49. The number of hydrogen-bond acceptors (Lipinski definition) is 3. The van der Waals surface area contributed by atoms with Gasteiger partial charge in [-0.3, -0.25) is 5.32 Å². The zero-order valence-electron chi connectivity index (χ0n) is 14.3. The molecular weight excluding hydrogens is 300 g/mol. The molecule has 1 saturated heterocycles. The highest BCUT2D eigenvalue weighted by atomic mass is 16.5. The highest BCUT2D eigenvalue weighted by Crippen LogP contribution is 2.28. The predicted molar refractivity (Wildman–Crippen MR) is 97.2 cm³/mol. The summed E-state index contributed by atoms with van der Waals surface area (Å²) in [5, 5.41) is 2.89. The van der Waals surface area contributed by atoms with Crippen molar-refractivity contribution >= 4 is 11.8 Å². The Bertz CT molecular complexity index is 714. The zero-order chi connectivity index (χ0) is 16.9. The lowest BCUT2D eigenvalue weighted by atomic mass is 10.0. The molecular formula is C20H24N2O2. The van der Waals surface area contributed by atoms with Gasteiger partial charge in [-0.1, -0.05) is 48.0 Å². The van der Waals surface area contributed by atoms with Gasteiger partial charge in [-0.15, -0.1) is 0 Å². The van der Waals surface area contributed by atoms with Crippen molar-refractivity contribution in [1.82, 2.24) is 4.90 Å². The average Bonchev–Trinajstić information content (AvgIpc) is 2.99. The summed E-state index contributed by atoms with van der Waals surface area (Å²) in [7, 11) is 2.10. The van der Waals surface area contributed by atoms with E-state index in [1.54, 1.807) is 0 Å². The summed E-state index contributed by atoms with van der Waals surface area (Å²) in [6.45, 7) is 4.61. The molecule has 0 saturated carbocycles. The number of anilines is 1. The maximum Gasteiger partial charge on any atom is 0.411 e. The Morgan fingerprint density at radius 2 is 2.08 bits per heavy atom. The van der Waals surface area contributed by atoms with Crippen LogP contribution in [0, 0.1) is 12.8 Å². The van der Waals surface area contributed by atoms with E-state index in [2.05, 4.69) is 36.3 Å². The lowest BCUT2D eigenvalue weighted by molar-refractivity contribution is 0.142. The van der Waals surface area contributed by atoms with Crippen molar-refractivity contribution in [3.8, 4) is 11.1 Å². The van der Waals surface area contributed by atoms with Crippen LogP contribution >= 0.6 is 0 Å². The Balaban J connectivity index is 1.65. The first kappa shape index (κ1) is 16.5. The molecule has 1 aliphatic rings. The number of para-hydroxylation sites is 1. The van der Waals surface area contributed by atoms with Gasteiger partial charge in [0.15, 0.2) is 0 Å². The van der Waals surface area contributed by atoms with Gasteiger partial charge in [-0.05, 0) is 38.6 Å². The monoisotopic (exact) mass is 324 g/mol. The van der Waals surface area contributed by atoms with Crippen LogP contribution in [0.25, 0.3) is 11.1 Å². The number of aryl methyl sites for hydroxylation is 1. The third-order valence-corrected chi connectivity index (χ3v) is 4.43. The predicted octanol–water partition coefficient (Wildman–Crippen LogP) is 4.16. The molecule has 1 heterocycles. The molecule has 1 aliphatic heterocycles. The number of benzene rings is 2. The number of carbonyl (C=O) groups excluding carboxylic acids is 1. The summed E-state index contributed by atoms with van der Waals surface area (Å²) < 4.78 is 5.42. The van der Waals surface area contributed by atoms with E-state index in [9.17, 15) is 4.79 Å². The second-order valence-corrected chi connectivity index (χ2v) is 6.56. The number of nitrogens with zero attached hydrogens (tertiary/aromatic N) is 1. The number of nitrogens with one attached hydrogen (secondary N) is 1. The van der Waals surface area contributed by atoms with E-state index in [4.69, 9.17) is 4.74 Å². The lowest BCUT2D eigenvalue weighted by Crippen LogP contribution is -2.21. The molecule has 0 radical (unpaired) electrons. The van der Waals surface area contributed by atoms with Crippen molar-refractivity contribution in [3.05, 3.63) is 54.1 Å². The summed E-state index contributed by atoms with van der Waals surface area (Å²) in [6.07, 6.45) is 0.702. The number of carbonyl (C=O) groups is 1. The zero-order valence-corrected chi connectivity index (χ0v) is 14.3. The Morgan fingerprint density at radius 3 is 2.83 bits per heavy atom. The minimum absolute atomic E-state index is 0.385. The highest BCUT2D eigenvalue weighted by Gasteiger charge is 2.21. The molecule has 4 heteroatoms. The van der Waals surface area contributed by atoms with E-state index in [-0.39, 0.29) is 6.09 Å². The van der Waals surface area contributed by atoms with E-state index in [1.807, 2.05) is 36.4 Å². The third-order valence-electron chi connectivity index (χ3n) is 4.43. The number of ether oxygens (including phenoxy) is 1. The van der Waals surface area contributed by atoms with Crippen LogP contribution in [-0.2, 0) is 4.74 Å². The topological polar surface area (TPSA) is 41.6 Å². The molecule has 126 valence electrons. The first-order valence-electron chi connectivity index (χ1n) is 8.40. The van der Waals surface area contributed by atoms with Gasteiger partial charge in [0.25, 0.3) is 0 Å². The molecule has 0 aliphatic carbocycles. The first-order valence-corrected chi connectivity index (χ1v) is 8.40. The summed E-state index contributed by atoms with van der Waals surface area (Å²) in [6, 6.07) is 16.1. The number of rotatable bonds is 4. The maximum atomic E-state index is 12.2. The van der Waals surface area contributed by atoms with Crippen molar-refractivity contribution in [2.45, 2.75) is 13.3 Å². The van der Waals surface area contributed by atoms with Gasteiger partial charge in [0.1, 0.15) is 0 Å². The fraction of sp³-hybridized carbons (Fsp3) is 0.350. The molecule has 2 aromatic rings. The van der Waals surface area contributed by atoms with Crippen molar-refractivity contribution in [3.63, 3.8) is 0 Å². The smallest absolute Gasteiger partial charge is 0.411 e. The molecule has 2 aromatic carbocycles. The Kier molecular flexibility index (Phi) is 5.16. The fourth-order valence-electron chi connectivity index (χ4n) is 3.16. The van der Waals surface area contributed by atoms with E-state index in [0.717, 1.165) is 36.3 Å². The van der Waals surface area contributed by atoms with Gasteiger partial charge in [0.2, 0.25) is 0 Å². The number of amides is 1. The number of likely N-dealkylation sites (tertiary alicyclic amines) is 1. The van der Waals surface area contributed by atoms with E-state index in [1.165, 1.54) is 5.56 Å². The summed E-state index contributed by atoms with van der Waals surface area (Å²) in [4.78, 5) is 14.4. The molecule has 0 bridgehead atoms. The molecule has 1 fully saturated rings. The van der Waals surface area contributed by atoms with Crippen molar-refractivity contribution in [2.24, 2.45) is 5.92 Å². The van der Waals surface area contributed by atoms with Gasteiger partial charge in [-0.25, -0.2) is 4.79 Å². The van der Waals surface area contributed by atoms with Crippen LogP contribution in [0.1, 0.15) is 12.0 Å². The van der Waals surface area contributed by atoms with Crippen LogP contribution in [0.3, 0.4) is 0 Å². The maximum absolute atomic E-state index is 12.2. The van der Waals surface area contributed by atoms with Crippen molar-refractivity contribution in [1.29, 1.82) is 0 Å². The second-order valence-electron chi connectivity index (χ2n) is 6.56. The lowest BCUT2D eigenvalue weighted by Gasteiger charge is -2.14. The quantitative estimate of drug-likeness (QED) is 0.918. The largest absolute Gasteiger partial charge is 0.449 e. The fourth-order valence-corrected chi connectivity index (χ4v) is 3.16. The summed E-state index contributed by atoms with van der Waals surface area (Å²) in [5.74, 6) is 0.438. The molecule has 4 nitrogen and oxygen atoms in total. The standard InChI is InChI=1S/C20H24N2O2/c1-15-6-5-7-17(12-15)18-8-3-4-9-19(18)21-20(23)24-14-16-10-11-22(2)13-16/h3-9,12,16H,10-11,13-14H2,1-2H3,(H,21,23)/t16-/m0/s1. The Hall–Kier alpha value is -2.33. The Labute approximate surface area is 143 Å². The van der Waals surface area contributed by atoms with Crippen LogP contribution in [0.5, 0.6) is 0 Å². The van der Waals surface area contributed by atoms with E-state index < -0.39 is 0 Å². The van der Waals surface area contributed by atoms with Crippen LogP contribution in [0.2, 0.25) is 0 Å². The molecule has 0 aromatic heterocycles. The molecule has 0 unspecified atom stereocenters. The normalized spacial score (nSPS) is 17.7.